The van der Waals surface area contributed by atoms with Crippen LogP contribution in [0.5, 0.6) is 0 Å². The van der Waals surface area contributed by atoms with Crippen LogP contribution in [0.15, 0.2) is 0 Å². The van der Waals surface area contributed by atoms with Crippen LogP contribution >= 0.6 is 0 Å². The maximum atomic E-state index is 9.13. The smallest absolute Gasteiger partial charge is 0.170 e. The van der Waals surface area contributed by atoms with E-state index < -0.39 is 11.8 Å². The summed E-state index contributed by atoms with van der Waals surface area (Å²) in [6.07, 6.45) is 0. The number of rotatable bonds is 2. The van der Waals surface area contributed by atoms with Crippen molar-refractivity contribution in [3.8, 4) is 0 Å². The van der Waals surface area contributed by atoms with E-state index in [-0.39, 0.29) is 7.43 Å². The molecule has 0 aliphatic rings. The first-order valence-corrected chi connectivity index (χ1v) is 1.26. The highest BCUT2D eigenvalue weighted by Gasteiger charge is 1.82. The average Bonchev–Trinajstić information content (AvgIpc) is 1.35. The SMILES string of the molecule is C.O=[N+]([O-])NCO. The van der Waals surface area contributed by atoms with Crippen molar-refractivity contribution in [3.63, 3.8) is 0 Å². The normalized spacial score (nSPS) is 6.43. The summed E-state index contributed by atoms with van der Waals surface area (Å²) in [5.74, 6) is 0. The van der Waals surface area contributed by atoms with Crippen molar-refractivity contribution >= 4 is 0 Å². The molecule has 0 heterocycles. The number of hydrogen-bond donors (Lipinski definition) is 2. The number of nitrogens with one attached hydrogen (secondary N) is 1. The predicted molar refractivity (Wildman–Crippen MR) is 23.9 cm³/mol. The average molecular weight is 108 g/mol. The minimum absolute atomic E-state index is 0. The van der Waals surface area contributed by atoms with Crippen LogP contribution in [-0.2, 0) is 0 Å². The number of hydrazine groups is 1. The van der Waals surface area contributed by atoms with Gasteiger partial charge in [0, 0.05) is 0 Å². The third-order valence-electron chi connectivity index (χ3n) is 0.200. The second-order valence-corrected chi connectivity index (χ2v) is 0.573. The standard InChI is InChI=1S/CH4N2O3.CH4/c4-1-2-3(5)6;/h2,4H,1H2;1H4. The van der Waals surface area contributed by atoms with Crippen LogP contribution in [0.3, 0.4) is 0 Å². The van der Waals surface area contributed by atoms with Gasteiger partial charge < -0.3 is 5.11 Å². The molecule has 0 aromatic carbocycles. The van der Waals surface area contributed by atoms with E-state index in [0.717, 1.165) is 0 Å². The van der Waals surface area contributed by atoms with E-state index in [1.54, 1.807) is 0 Å². The molecule has 0 aromatic heterocycles. The third kappa shape index (κ3) is 11.0. The Balaban J connectivity index is 0. The van der Waals surface area contributed by atoms with Crippen molar-refractivity contribution in [2.45, 2.75) is 7.43 Å². The molecule has 0 fully saturated rings. The molecule has 0 unspecified atom stereocenters. The van der Waals surface area contributed by atoms with E-state index in [1.165, 1.54) is 5.43 Å². The summed E-state index contributed by atoms with van der Waals surface area (Å²) >= 11 is 0. The Morgan fingerprint density at radius 2 is 2.29 bits per heavy atom. The van der Waals surface area contributed by atoms with Crippen molar-refractivity contribution in [3.05, 3.63) is 10.1 Å². The van der Waals surface area contributed by atoms with Crippen molar-refractivity contribution in [1.29, 1.82) is 0 Å². The van der Waals surface area contributed by atoms with Crippen LogP contribution < -0.4 is 5.43 Å². The zero-order valence-corrected chi connectivity index (χ0v) is 2.92. The molecule has 0 aliphatic carbocycles. The van der Waals surface area contributed by atoms with Crippen LogP contribution in [0, 0.1) is 10.1 Å². The van der Waals surface area contributed by atoms with E-state index in [9.17, 15) is 0 Å². The zero-order chi connectivity index (χ0) is 4.99. The summed E-state index contributed by atoms with van der Waals surface area (Å²) in [5.41, 5.74) is 1.49. The van der Waals surface area contributed by atoms with Gasteiger partial charge in [0.05, 0.1) is 0 Å². The molecule has 0 saturated carbocycles. The number of nitrogens with zero attached hydrogens (tertiary/aromatic N) is 1. The highest BCUT2D eigenvalue weighted by Crippen LogP contribution is 1.48. The van der Waals surface area contributed by atoms with Crippen molar-refractivity contribution < 1.29 is 10.1 Å². The topological polar surface area (TPSA) is 75.4 Å². The predicted octanol–water partition coefficient (Wildman–Crippen LogP) is -0.646. The minimum atomic E-state index is -0.819. The molecule has 7 heavy (non-hydrogen) atoms. The highest BCUT2D eigenvalue weighted by molar-refractivity contribution is 4.00. The Morgan fingerprint density at radius 1 is 1.86 bits per heavy atom. The Kier molecular flexibility index (Phi) is 6.99. The van der Waals surface area contributed by atoms with Gasteiger partial charge in [-0.25, -0.2) is 10.1 Å². The van der Waals surface area contributed by atoms with Gasteiger partial charge in [0.15, 0.2) is 11.8 Å². The van der Waals surface area contributed by atoms with E-state index in [1.807, 2.05) is 0 Å². The number of aliphatic hydroxyl groups is 1. The molecule has 5 nitrogen and oxygen atoms in total. The van der Waals surface area contributed by atoms with E-state index >= 15 is 0 Å². The first-order chi connectivity index (χ1) is 2.77. The molecule has 0 aromatic rings. The summed E-state index contributed by atoms with van der Waals surface area (Å²) in [5, 5.41) is 16.0. The Morgan fingerprint density at radius 3 is 2.29 bits per heavy atom. The Labute approximate surface area is 41.1 Å². The second kappa shape index (κ2) is 5.16. The third-order valence-corrected chi connectivity index (χ3v) is 0.200. The summed E-state index contributed by atoms with van der Waals surface area (Å²) in [4.78, 5) is 9.13. The number of hydrogen-bond acceptors (Lipinski definition) is 3. The van der Waals surface area contributed by atoms with Gasteiger partial charge in [0.25, 0.3) is 0 Å². The second-order valence-electron chi connectivity index (χ2n) is 0.573. The van der Waals surface area contributed by atoms with E-state index in [2.05, 4.69) is 0 Å². The molecule has 0 saturated heterocycles. The molecule has 2 N–H and O–H groups in total. The van der Waals surface area contributed by atoms with Gasteiger partial charge in [0.1, 0.15) is 0 Å². The molecule has 0 radical (unpaired) electrons. The van der Waals surface area contributed by atoms with Gasteiger partial charge in [-0.3, -0.25) is 0 Å². The molecule has 0 aliphatic heterocycles. The monoisotopic (exact) mass is 108 g/mol. The zero-order valence-electron chi connectivity index (χ0n) is 2.92. The fourth-order valence-corrected chi connectivity index (χ4v) is 0.0577. The van der Waals surface area contributed by atoms with Gasteiger partial charge in [0.2, 0.25) is 0 Å². The molecular weight excluding hydrogens is 100 g/mol. The van der Waals surface area contributed by atoms with Crippen molar-refractivity contribution in [2.24, 2.45) is 0 Å². The van der Waals surface area contributed by atoms with Crippen LogP contribution in [0.25, 0.3) is 0 Å². The fourth-order valence-electron chi connectivity index (χ4n) is 0.0577. The van der Waals surface area contributed by atoms with Gasteiger partial charge in [-0.15, -0.1) is 5.43 Å². The highest BCUT2D eigenvalue weighted by atomic mass is 16.7. The first kappa shape index (κ1) is 9.48. The fraction of sp³-hybridized carbons (Fsp3) is 1.00. The molecule has 44 valence electrons. The molecular formula is C2H8N2O3. The lowest BCUT2D eigenvalue weighted by atomic mass is 11.3. The first-order valence-electron chi connectivity index (χ1n) is 1.26. The maximum absolute atomic E-state index is 9.13. The van der Waals surface area contributed by atoms with Crippen LogP contribution in [0.1, 0.15) is 7.43 Å². The minimum Gasteiger partial charge on any atom is -0.371 e. The van der Waals surface area contributed by atoms with Gasteiger partial charge in [-0.1, -0.05) is 7.43 Å². The quantitative estimate of drug-likeness (QED) is 0.280. The Hall–Kier alpha value is -0.840. The lowest BCUT2D eigenvalue weighted by Crippen LogP contribution is -2.21. The molecule has 5 heteroatoms. The Bertz CT molecular complexity index is 54.9. The summed E-state index contributed by atoms with van der Waals surface area (Å²) in [7, 11) is 0. The van der Waals surface area contributed by atoms with Crippen molar-refractivity contribution in [2.75, 3.05) is 6.73 Å². The maximum Gasteiger partial charge on any atom is 0.170 e. The summed E-state index contributed by atoms with van der Waals surface area (Å²) in [6, 6.07) is 0. The number of nitro groups is 1. The molecule has 0 atom stereocenters. The van der Waals surface area contributed by atoms with Crippen LogP contribution in [0.4, 0.5) is 0 Å². The van der Waals surface area contributed by atoms with Gasteiger partial charge in [-0.05, 0) is 0 Å². The van der Waals surface area contributed by atoms with Crippen LogP contribution in [-0.4, -0.2) is 16.9 Å². The molecule has 0 rings (SSSR count). The van der Waals surface area contributed by atoms with Gasteiger partial charge >= 0.3 is 0 Å². The number of aliphatic hydroxyl groups excluding tert-OH is 1. The van der Waals surface area contributed by atoms with Crippen molar-refractivity contribution in [1.82, 2.24) is 5.43 Å². The lowest BCUT2D eigenvalue weighted by Gasteiger charge is -1.83. The van der Waals surface area contributed by atoms with Crippen LogP contribution in [0.2, 0.25) is 0 Å². The summed E-state index contributed by atoms with van der Waals surface area (Å²) < 4.78 is 0. The van der Waals surface area contributed by atoms with E-state index in [0.29, 0.717) is 0 Å². The molecule has 0 bridgehead atoms. The largest absolute Gasteiger partial charge is 0.371 e. The van der Waals surface area contributed by atoms with Gasteiger partial charge in [-0.2, -0.15) is 0 Å². The van der Waals surface area contributed by atoms with E-state index in [4.69, 9.17) is 15.2 Å². The molecule has 0 spiro atoms. The lowest BCUT2D eigenvalue weighted by molar-refractivity contribution is -0.550. The molecule has 0 amide bonds. The summed E-state index contributed by atoms with van der Waals surface area (Å²) in [6.45, 7) is -0.618.